The molecule has 1 saturated heterocycles. The van der Waals surface area contributed by atoms with E-state index in [1.165, 1.54) is 31.6 Å². The summed E-state index contributed by atoms with van der Waals surface area (Å²) in [6, 6.07) is 3.10. The molecule has 0 aliphatic carbocycles. The standard InChI is InChI=1S/C15H28N4/c1-12(2)15(19-9-5-6-10-19)11-16-13(3)14-7-8-17-18(14)4/h7-8,12-13,15-16H,5-6,9-11H2,1-4H3. The number of rotatable bonds is 6. The Morgan fingerprint density at radius 3 is 2.47 bits per heavy atom. The van der Waals surface area contributed by atoms with Crippen molar-refractivity contribution in [1.29, 1.82) is 0 Å². The fraction of sp³-hybridized carbons (Fsp3) is 0.800. The third kappa shape index (κ3) is 3.57. The second-order valence-corrected chi connectivity index (χ2v) is 6.06. The van der Waals surface area contributed by atoms with Crippen LogP contribution in [-0.2, 0) is 7.05 Å². The maximum atomic E-state index is 4.24. The molecule has 2 rings (SSSR count). The molecule has 1 fully saturated rings. The number of nitrogens with zero attached hydrogens (tertiary/aromatic N) is 3. The number of hydrogen-bond donors (Lipinski definition) is 1. The van der Waals surface area contributed by atoms with Crippen LogP contribution in [0, 0.1) is 5.92 Å². The summed E-state index contributed by atoms with van der Waals surface area (Å²) in [5.74, 6) is 0.698. The van der Waals surface area contributed by atoms with E-state index in [2.05, 4.69) is 42.2 Å². The molecule has 108 valence electrons. The molecule has 1 aromatic rings. The minimum atomic E-state index is 0.358. The van der Waals surface area contributed by atoms with Crippen molar-refractivity contribution < 1.29 is 0 Å². The average Bonchev–Trinajstić information content (AvgIpc) is 3.00. The molecular weight excluding hydrogens is 236 g/mol. The Kier molecular flexibility index (Phi) is 4.99. The molecule has 1 aliphatic heterocycles. The van der Waals surface area contributed by atoms with Gasteiger partial charge in [-0.2, -0.15) is 5.10 Å². The lowest BCUT2D eigenvalue weighted by Gasteiger charge is -2.32. The number of aromatic nitrogens is 2. The predicted molar refractivity (Wildman–Crippen MR) is 79.1 cm³/mol. The van der Waals surface area contributed by atoms with Crippen LogP contribution in [-0.4, -0.2) is 40.4 Å². The van der Waals surface area contributed by atoms with Gasteiger partial charge < -0.3 is 5.32 Å². The number of nitrogens with one attached hydrogen (secondary N) is 1. The molecule has 4 heteroatoms. The van der Waals surface area contributed by atoms with E-state index in [1.54, 1.807) is 0 Å². The lowest BCUT2D eigenvalue weighted by molar-refractivity contribution is 0.182. The Morgan fingerprint density at radius 2 is 1.95 bits per heavy atom. The molecular formula is C15H28N4. The van der Waals surface area contributed by atoms with Gasteiger partial charge in [0.2, 0.25) is 0 Å². The zero-order valence-electron chi connectivity index (χ0n) is 12.8. The SMILES string of the molecule is CC(NCC(C(C)C)N1CCCC1)c1ccnn1C. The van der Waals surface area contributed by atoms with Crippen molar-refractivity contribution in [3.63, 3.8) is 0 Å². The summed E-state index contributed by atoms with van der Waals surface area (Å²) < 4.78 is 1.96. The molecule has 0 spiro atoms. The second kappa shape index (κ2) is 6.53. The first-order valence-corrected chi connectivity index (χ1v) is 7.55. The van der Waals surface area contributed by atoms with Crippen molar-refractivity contribution in [2.24, 2.45) is 13.0 Å². The largest absolute Gasteiger partial charge is 0.307 e. The Bertz CT molecular complexity index is 379. The first-order chi connectivity index (χ1) is 9.09. The third-order valence-electron chi connectivity index (χ3n) is 4.31. The molecule has 1 N–H and O–H groups in total. The highest BCUT2D eigenvalue weighted by molar-refractivity contribution is 5.05. The molecule has 1 aliphatic rings. The molecule has 0 amide bonds. The summed E-state index contributed by atoms with van der Waals surface area (Å²) >= 11 is 0. The van der Waals surface area contributed by atoms with Gasteiger partial charge in [-0.15, -0.1) is 0 Å². The van der Waals surface area contributed by atoms with Gasteiger partial charge in [-0.1, -0.05) is 13.8 Å². The molecule has 0 aromatic carbocycles. The van der Waals surface area contributed by atoms with Gasteiger partial charge in [0.05, 0.1) is 5.69 Å². The van der Waals surface area contributed by atoms with E-state index in [-0.39, 0.29) is 0 Å². The number of aryl methyl sites for hydroxylation is 1. The van der Waals surface area contributed by atoms with Gasteiger partial charge in [-0.3, -0.25) is 9.58 Å². The highest BCUT2D eigenvalue weighted by atomic mass is 15.3. The molecule has 0 saturated carbocycles. The van der Waals surface area contributed by atoms with Crippen LogP contribution >= 0.6 is 0 Å². The van der Waals surface area contributed by atoms with Crippen LogP contribution in [0.15, 0.2) is 12.3 Å². The molecule has 0 radical (unpaired) electrons. The van der Waals surface area contributed by atoms with Crippen molar-refractivity contribution in [3.05, 3.63) is 18.0 Å². The van der Waals surface area contributed by atoms with Crippen molar-refractivity contribution in [3.8, 4) is 0 Å². The lowest BCUT2D eigenvalue weighted by Crippen LogP contribution is -2.44. The minimum absolute atomic E-state index is 0.358. The van der Waals surface area contributed by atoms with Crippen LogP contribution < -0.4 is 5.32 Å². The smallest absolute Gasteiger partial charge is 0.0547 e. The van der Waals surface area contributed by atoms with Crippen LogP contribution in [0.5, 0.6) is 0 Å². The summed E-state index contributed by atoms with van der Waals surface area (Å²) in [6.07, 6.45) is 4.59. The molecule has 1 aromatic heterocycles. The van der Waals surface area contributed by atoms with E-state index in [0.29, 0.717) is 18.0 Å². The van der Waals surface area contributed by atoms with Gasteiger partial charge in [0, 0.05) is 31.9 Å². The fourth-order valence-electron chi connectivity index (χ4n) is 3.07. The van der Waals surface area contributed by atoms with E-state index in [0.717, 1.165) is 6.54 Å². The highest BCUT2D eigenvalue weighted by Gasteiger charge is 2.25. The molecule has 19 heavy (non-hydrogen) atoms. The van der Waals surface area contributed by atoms with Crippen molar-refractivity contribution >= 4 is 0 Å². The van der Waals surface area contributed by atoms with E-state index in [4.69, 9.17) is 0 Å². The topological polar surface area (TPSA) is 33.1 Å². The summed E-state index contributed by atoms with van der Waals surface area (Å²) in [7, 11) is 2.01. The van der Waals surface area contributed by atoms with Crippen LogP contribution in [0.1, 0.15) is 45.3 Å². The Morgan fingerprint density at radius 1 is 1.26 bits per heavy atom. The number of hydrogen-bond acceptors (Lipinski definition) is 3. The first kappa shape index (κ1) is 14.5. The number of likely N-dealkylation sites (tertiary alicyclic amines) is 1. The zero-order valence-corrected chi connectivity index (χ0v) is 12.8. The zero-order chi connectivity index (χ0) is 13.8. The first-order valence-electron chi connectivity index (χ1n) is 7.55. The second-order valence-electron chi connectivity index (χ2n) is 6.06. The van der Waals surface area contributed by atoms with Crippen molar-refractivity contribution in [2.45, 2.75) is 45.7 Å². The Hall–Kier alpha value is -0.870. The normalized spacial score (nSPS) is 20.1. The lowest BCUT2D eigenvalue weighted by atomic mass is 10.0. The Labute approximate surface area is 117 Å². The van der Waals surface area contributed by atoms with Crippen LogP contribution in [0.25, 0.3) is 0 Å². The van der Waals surface area contributed by atoms with E-state index >= 15 is 0 Å². The quantitative estimate of drug-likeness (QED) is 0.855. The van der Waals surface area contributed by atoms with Gasteiger partial charge in [0.25, 0.3) is 0 Å². The van der Waals surface area contributed by atoms with E-state index < -0.39 is 0 Å². The van der Waals surface area contributed by atoms with Gasteiger partial charge in [0.1, 0.15) is 0 Å². The highest BCUT2D eigenvalue weighted by Crippen LogP contribution is 2.18. The summed E-state index contributed by atoms with van der Waals surface area (Å²) in [5, 5.41) is 7.93. The molecule has 2 atom stereocenters. The molecule has 2 heterocycles. The monoisotopic (exact) mass is 264 g/mol. The van der Waals surface area contributed by atoms with Crippen LogP contribution in [0.4, 0.5) is 0 Å². The fourth-order valence-corrected chi connectivity index (χ4v) is 3.07. The molecule has 0 bridgehead atoms. The minimum Gasteiger partial charge on any atom is -0.307 e. The maximum Gasteiger partial charge on any atom is 0.0547 e. The summed E-state index contributed by atoms with van der Waals surface area (Å²) in [4.78, 5) is 2.65. The summed E-state index contributed by atoms with van der Waals surface area (Å²) in [6.45, 7) is 10.5. The van der Waals surface area contributed by atoms with Crippen molar-refractivity contribution in [1.82, 2.24) is 20.0 Å². The van der Waals surface area contributed by atoms with Crippen LogP contribution in [0.3, 0.4) is 0 Å². The van der Waals surface area contributed by atoms with Gasteiger partial charge >= 0.3 is 0 Å². The van der Waals surface area contributed by atoms with Crippen molar-refractivity contribution in [2.75, 3.05) is 19.6 Å². The van der Waals surface area contributed by atoms with Gasteiger partial charge in [-0.05, 0) is 44.8 Å². The maximum absolute atomic E-state index is 4.24. The Balaban J connectivity index is 1.90. The summed E-state index contributed by atoms with van der Waals surface area (Å²) in [5.41, 5.74) is 1.25. The predicted octanol–water partition coefficient (Wildman–Crippen LogP) is 2.19. The van der Waals surface area contributed by atoms with Gasteiger partial charge in [0.15, 0.2) is 0 Å². The third-order valence-corrected chi connectivity index (χ3v) is 4.31. The van der Waals surface area contributed by atoms with E-state index in [1.807, 2.05) is 17.9 Å². The molecule has 2 unspecified atom stereocenters. The van der Waals surface area contributed by atoms with Gasteiger partial charge in [-0.25, -0.2) is 0 Å². The molecule has 4 nitrogen and oxygen atoms in total. The average molecular weight is 264 g/mol. The van der Waals surface area contributed by atoms with E-state index in [9.17, 15) is 0 Å². The van der Waals surface area contributed by atoms with Crippen LogP contribution in [0.2, 0.25) is 0 Å².